The van der Waals surface area contributed by atoms with Gasteiger partial charge in [0.25, 0.3) is 0 Å². The lowest BCUT2D eigenvalue weighted by Gasteiger charge is -2.12. The molecule has 0 saturated heterocycles. The molecule has 2 heterocycles. The topological polar surface area (TPSA) is 84.3 Å². The van der Waals surface area contributed by atoms with Gasteiger partial charge in [-0.25, -0.2) is 14.8 Å². The Bertz CT molecular complexity index is 1240. The molecule has 2 N–H and O–H groups in total. The van der Waals surface area contributed by atoms with Crippen molar-refractivity contribution in [2.24, 2.45) is 0 Å². The zero-order chi connectivity index (χ0) is 21.8. The van der Waals surface area contributed by atoms with Gasteiger partial charge in [-0.1, -0.05) is 6.07 Å². The van der Waals surface area contributed by atoms with Gasteiger partial charge in [-0.2, -0.15) is 0 Å². The normalized spacial score (nSPS) is 10.9. The first-order valence-corrected chi connectivity index (χ1v) is 11.7. The van der Waals surface area contributed by atoms with Crippen molar-refractivity contribution in [1.29, 1.82) is 0 Å². The highest BCUT2D eigenvalue weighted by molar-refractivity contribution is 7.98. The molecule has 0 unspecified atom stereocenters. The number of carbonyl (C=O) groups is 1. The third-order valence-electron chi connectivity index (χ3n) is 5.00. The van der Waals surface area contributed by atoms with Crippen molar-refractivity contribution >= 4 is 45.0 Å². The lowest BCUT2D eigenvalue weighted by atomic mass is 10.1. The van der Waals surface area contributed by atoms with Gasteiger partial charge in [0.2, 0.25) is 0 Å². The van der Waals surface area contributed by atoms with Crippen LogP contribution in [0.5, 0.6) is 5.75 Å². The van der Waals surface area contributed by atoms with E-state index in [0.717, 1.165) is 29.2 Å². The minimum absolute atomic E-state index is 0.292. The Morgan fingerprint density at radius 1 is 1.19 bits per heavy atom. The first kappa shape index (κ1) is 21.1. The summed E-state index contributed by atoms with van der Waals surface area (Å²) >= 11 is 3.12. The van der Waals surface area contributed by atoms with Crippen molar-refractivity contribution in [3.8, 4) is 17.0 Å². The molecule has 4 aromatic rings. The molecule has 0 saturated carbocycles. The number of nitrogens with one attached hydrogen (secondary N) is 1. The summed E-state index contributed by atoms with van der Waals surface area (Å²) in [7, 11) is 1.69. The average molecular weight is 452 g/mol. The standard InChI is InChI=1S/C23H21N3O3S2/c1-29-19-5-6-20-16(8-10-31-20)15(19)7-9-24-22-12-18(25-13-26-22)14-3-4-17(23(27)28)21(11-14)30-2/h3-6,8,10-13H,7,9H2,1-2H3,(H,27,28)(H,24,25,26). The monoisotopic (exact) mass is 451 g/mol. The molecule has 0 fully saturated rings. The van der Waals surface area contributed by atoms with Crippen LogP contribution in [0, 0.1) is 0 Å². The molecule has 0 aliphatic carbocycles. The highest BCUT2D eigenvalue weighted by Gasteiger charge is 2.12. The van der Waals surface area contributed by atoms with Crippen LogP contribution in [0.2, 0.25) is 0 Å². The van der Waals surface area contributed by atoms with Crippen LogP contribution in [0.15, 0.2) is 59.1 Å². The van der Waals surface area contributed by atoms with Gasteiger partial charge in [-0.15, -0.1) is 23.1 Å². The van der Waals surface area contributed by atoms with E-state index in [2.05, 4.69) is 32.8 Å². The van der Waals surface area contributed by atoms with E-state index in [4.69, 9.17) is 4.74 Å². The minimum atomic E-state index is -0.933. The summed E-state index contributed by atoms with van der Waals surface area (Å²) in [6.45, 7) is 0.690. The van der Waals surface area contributed by atoms with Crippen molar-refractivity contribution in [3.63, 3.8) is 0 Å². The van der Waals surface area contributed by atoms with E-state index in [9.17, 15) is 9.90 Å². The van der Waals surface area contributed by atoms with Crippen LogP contribution in [0.25, 0.3) is 21.3 Å². The number of aromatic carboxylic acids is 1. The number of carboxylic acid groups (broad SMARTS) is 1. The van der Waals surface area contributed by atoms with Gasteiger partial charge < -0.3 is 15.2 Å². The van der Waals surface area contributed by atoms with E-state index in [1.54, 1.807) is 30.6 Å². The number of methoxy groups -OCH3 is 1. The fraction of sp³-hybridized carbons (Fsp3) is 0.174. The van der Waals surface area contributed by atoms with Crippen molar-refractivity contribution in [2.75, 3.05) is 25.2 Å². The number of rotatable bonds is 8. The van der Waals surface area contributed by atoms with Gasteiger partial charge in [-0.3, -0.25) is 0 Å². The fourth-order valence-corrected chi connectivity index (χ4v) is 4.92. The Kier molecular flexibility index (Phi) is 6.39. The van der Waals surface area contributed by atoms with Crippen molar-refractivity contribution in [1.82, 2.24) is 9.97 Å². The van der Waals surface area contributed by atoms with Crippen molar-refractivity contribution < 1.29 is 14.6 Å². The van der Waals surface area contributed by atoms with Gasteiger partial charge in [0.15, 0.2) is 0 Å². The quantitative estimate of drug-likeness (QED) is 0.345. The molecule has 6 nitrogen and oxygen atoms in total. The molecule has 0 atom stereocenters. The molecule has 4 rings (SSSR count). The van der Waals surface area contributed by atoms with Crippen LogP contribution in [-0.2, 0) is 6.42 Å². The Morgan fingerprint density at radius 2 is 2.06 bits per heavy atom. The predicted octanol–water partition coefficient (Wildman–Crippen LogP) is 5.44. The number of hydrogen-bond donors (Lipinski definition) is 2. The van der Waals surface area contributed by atoms with Crippen LogP contribution < -0.4 is 10.1 Å². The summed E-state index contributed by atoms with van der Waals surface area (Å²) in [6.07, 6.45) is 4.17. The molecule has 0 aliphatic heterocycles. The van der Waals surface area contributed by atoms with Crippen LogP contribution in [-0.4, -0.2) is 41.0 Å². The van der Waals surface area contributed by atoms with Gasteiger partial charge in [0.05, 0.1) is 18.4 Å². The van der Waals surface area contributed by atoms with Crippen LogP contribution in [0.4, 0.5) is 5.82 Å². The second-order valence-electron chi connectivity index (χ2n) is 6.76. The smallest absolute Gasteiger partial charge is 0.336 e. The Balaban J connectivity index is 1.51. The number of hydrogen-bond acceptors (Lipinski definition) is 7. The summed E-state index contributed by atoms with van der Waals surface area (Å²) in [5.74, 6) is 0.672. The van der Waals surface area contributed by atoms with Crippen LogP contribution >= 0.6 is 23.1 Å². The molecule has 2 aromatic heterocycles. The predicted molar refractivity (Wildman–Crippen MR) is 127 cm³/mol. The van der Waals surface area contributed by atoms with Crippen molar-refractivity contribution in [2.45, 2.75) is 11.3 Å². The molecule has 158 valence electrons. The maximum Gasteiger partial charge on any atom is 0.336 e. The second kappa shape index (κ2) is 9.36. The van der Waals surface area contributed by atoms with Gasteiger partial charge >= 0.3 is 5.97 Å². The zero-order valence-corrected chi connectivity index (χ0v) is 18.7. The number of thioether (sulfide) groups is 1. The summed E-state index contributed by atoms with van der Waals surface area (Å²) in [6, 6.07) is 13.4. The third-order valence-corrected chi connectivity index (χ3v) is 6.66. The molecular weight excluding hydrogens is 430 g/mol. The lowest BCUT2D eigenvalue weighted by Crippen LogP contribution is -2.08. The number of carboxylic acids is 1. The summed E-state index contributed by atoms with van der Waals surface area (Å²) in [4.78, 5) is 20.8. The highest BCUT2D eigenvalue weighted by atomic mass is 32.2. The largest absolute Gasteiger partial charge is 0.496 e. The van der Waals surface area contributed by atoms with E-state index < -0.39 is 5.97 Å². The molecule has 0 bridgehead atoms. The highest BCUT2D eigenvalue weighted by Crippen LogP contribution is 2.32. The number of benzene rings is 2. The lowest BCUT2D eigenvalue weighted by molar-refractivity contribution is 0.0693. The minimum Gasteiger partial charge on any atom is -0.496 e. The maximum absolute atomic E-state index is 11.4. The number of nitrogens with zero attached hydrogens (tertiary/aromatic N) is 2. The van der Waals surface area contributed by atoms with E-state index in [0.29, 0.717) is 17.0 Å². The Hall–Kier alpha value is -3.10. The summed E-state index contributed by atoms with van der Waals surface area (Å²) in [5, 5.41) is 16.0. The fourth-order valence-electron chi connectivity index (χ4n) is 3.49. The van der Waals surface area contributed by atoms with Gasteiger partial charge in [0, 0.05) is 33.3 Å². The Labute approximate surface area is 188 Å². The molecule has 31 heavy (non-hydrogen) atoms. The van der Waals surface area contributed by atoms with Gasteiger partial charge in [-0.05, 0) is 53.8 Å². The van der Waals surface area contributed by atoms with E-state index >= 15 is 0 Å². The van der Waals surface area contributed by atoms with Crippen LogP contribution in [0.3, 0.4) is 0 Å². The number of thiophene rings is 1. The average Bonchev–Trinajstić information content (AvgIpc) is 3.28. The molecule has 0 spiro atoms. The summed E-state index contributed by atoms with van der Waals surface area (Å²) in [5.41, 5.74) is 3.06. The molecule has 0 radical (unpaired) electrons. The van der Waals surface area contributed by atoms with E-state index in [-0.39, 0.29) is 0 Å². The van der Waals surface area contributed by atoms with Gasteiger partial charge in [0.1, 0.15) is 17.9 Å². The molecule has 2 aromatic carbocycles. The maximum atomic E-state index is 11.4. The van der Waals surface area contributed by atoms with E-state index in [1.807, 2.05) is 24.5 Å². The second-order valence-corrected chi connectivity index (χ2v) is 8.56. The Morgan fingerprint density at radius 3 is 2.84 bits per heavy atom. The number of anilines is 1. The first-order valence-electron chi connectivity index (χ1n) is 9.61. The number of ether oxygens (including phenoxy) is 1. The molecular formula is C23H21N3O3S2. The summed E-state index contributed by atoms with van der Waals surface area (Å²) < 4.78 is 6.80. The first-order chi connectivity index (χ1) is 15.1. The number of fused-ring (bicyclic) bond motifs is 1. The van der Waals surface area contributed by atoms with Crippen LogP contribution in [0.1, 0.15) is 15.9 Å². The molecule has 0 amide bonds. The third kappa shape index (κ3) is 4.50. The van der Waals surface area contributed by atoms with E-state index in [1.165, 1.54) is 33.7 Å². The number of aromatic nitrogens is 2. The molecule has 8 heteroatoms. The van der Waals surface area contributed by atoms with Crippen molar-refractivity contribution in [3.05, 3.63) is 65.3 Å². The molecule has 0 aliphatic rings. The zero-order valence-electron chi connectivity index (χ0n) is 17.1. The SMILES string of the molecule is COc1ccc2sccc2c1CCNc1cc(-c2ccc(C(=O)O)c(SC)c2)ncn1.